The lowest BCUT2D eigenvalue weighted by Gasteiger charge is -2.08. The highest BCUT2D eigenvalue weighted by molar-refractivity contribution is 6.21. The van der Waals surface area contributed by atoms with Crippen LogP contribution in [0.5, 0.6) is 0 Å². The van der Waals surface area contributed by atoms with E-state index in [4.69, 9.17) is 4.74 Å². The molecule has 0 spiro atoms. The summed E-state index contributed by atoms with van der Waals surface area (Å²) in [5.74, 6) is -0.377. The van der Waals surface area contributed by atoms with Crippen molar-refractivity contribution in [2.45, 2.75) is 13.8 Å². The van der Waals surface area contributed by atoms with Crippen LogP contribution in [0.15, 0.2) is 30.7 Å². The topological polar surface area (TPSA) is 57.0 Å². The predicted molar refractivity (Wildman–Crippen MR) is 76.7 cm³/mol. The molecule has 2 aromatic rings. The minimum atomic E-state index is -0.377. The SMILES string of the molecule is CCOC(=O)C(=Cc1cnn(C)c1)c1ncccc1C. The molecule has 0 unspecified atom stereocenters. The van der Waals surface area contributed by atoms with Crippen molar-refractivity contribution in [2.24, 2.45) is 7.05 Å². The first-order chi connectivity index (χ1) is 9.61. The fourth-order valence-corrected chi connectivity index (χ4v) is 1.88. The summed E-state index contributed by atoms with van der Waals surface area (Å²) >= 11 is 0. The first kappa shape index (κ1) is 14.0. The monoisotopic (exact) mass is 271 g/mol. The molecule has 0 radical (unpaired) electrons. The summed E-state index contributed by atoms with van der Waals surface area (Å²) in [5.41, 5.74) is 2.84. The number of rotatable bonds is 4. The van der Waals surface area contributed by atoms with E-state index in [0.29, 0.717) is 17.9 Å². The molecule has 0 aromatic carbocycles. The van der Waals surface area contributed by atoms with Crippen LogP contribution in [0.1, 0.15) is 23.7 Å². The van der Waals surface area contributed by atoms with Crippen LogP contribution < -0.4 is 0 Å². The first-order valence-electron chi connectivity index (χ1n) is 6.41. The summed E-state index contributed by atoms with van der Waals surface area (Å²) in [6.07, 6.45) is 6.94. The van der Waals surface area contributed by atoms with Crippen molar-refractivity contribution in [2.75, 3.05) is 6.61 Å². The van der Waals surface area contributed by atoms with Crippen LogP contribution in [0.2, 0.25) is 0 Å². The Morgan fingerprint density at radius 1 is 1.50 bits per heavy atom. The van der Waals surface area contributed by atoms with Crippen LogP contribution in [0.25, 0.3) is 11.6 Å². The van der Waals surface area contributed by atoms with Crippen molar-refractivity contribution >= 4 is 17.6 Å². The molecular formula is C15H17N3O2. The second kappa shape index (κ2) is 6.14. The van der Waals surface area contributed by atoms with E-state index in [1.165, 1.54) is 0 Å². The average Bonchev–Trinajstić information content (AvgIpc) is 2.83. The van der Waals surface area contributed by atoms with Gasteiger partial charge in [0.05, 0.1) is 24.1 Å². The fraction of sp³-hybridized carbons (Fsp3) is 0.267. The summed E-state index contributed by atoms with van der Waals surface area (Å²) in [7, 11) is 1.83. The van der Waals surface area contributed by atoms with Gasteiger partial charge in [0.2, 0.25) is 0 Å². The Kier molecular flexibility index (Phi) is 4.30. The van der Waals surface area contributed by atoms with Crippen molar-refractivity contribution in [1.82, 2.24) is 14.8 Å². The maximum absolute atomic E-state index is 12.1. The van der Waals surface area contributed by atoms with E-state index >= 15 is 0 Å². The Bertz CT molecular complexity index is 644. The van der Waals surface area contributed by atoms with Gasteiger partial charge in [-0.05, 0) is 31.6 Å². The molecule has 0 aliphatic rings. The smallest absolute Gasteiger partial charge is 0.340 e. The van der Waals surface area contributed by atoms with E-state index in [0.717, 1.165) is 11.1 Å². The summed E-state index contributed by atoms with van der Waals surface area (Å²) in [5, 5.41) is 4.09. The third-order valence-electron chi connectivity index (χ3n) is 2.80. The predicted octanol–water partition coefficient (Wildman–Crippen LogP) is 2.23. The van der Waals surface area contributed by atoms with Gasteiger partial charge in [-0.2, -0.15) is 5.10 Å². The van der Waals surface area contributed by atoms with E-state index in [1.807, 2.05) is 32.3 Å². The van der Waals surface area contributed by atoms with Gasteiger partial charge in [-0.25, -0.2) is 4.79 Å². The number of aryl methyl sites for hydroxylation is 2. The third kappa shape index (κ3) is 3.12. The number of hydrogen-bond acceptors (Lipinski definition) is 4. The maximum atomic E-state index is 12.1. The lowest BCUT2D eigenvalue weighted by Crippen LogP contribution is -2.09. The molecule has 2 rings (SSSR count). The van der Waals surface area contributed by atoms with Crippen LogP contribution >= 0.6 is 0 Å². The quantitative estimate of drug-likeness (QED) is 0.632. The Labute approximate surface area is 117 Å². The average molecular weight is 271 g/mol. The summed E-state index contributed by atoms with van der Waals surface area (Å²) in [6.45, 7) is 4.03. The molecule has 0 N–H and O–H groups in total. The first-order valence-corrected chi connectivity index (χ1v) is 6.41. The molecule has 0 atom stereocenters. The number of carbonyl (C=O) groups excluding carboxylic acids is 1. The van der Waals surface area contributed by atoms with Crippen molar-refractivity contribution in [3.63, 3.8) is 0 Å². The van der Waals surface area contributed by atoms with E-state index in [9.17, 15) is 4.79 Å². The molecule has 2 heterocycles. The largest absolute Gasteiger partial charge is 0.462 e. The number of esters is 1. The van der Waals surface area contributed by atoms with Crippen LogP contribution in [0.4, 0.5) is 0 Å². The maximum Gasteiger partial charge on any atom is 0.340 e. The van der Waals surface area contributed by atoms with E-state index < -0.39 is 0 Å². The number of hydrogen-bond donors (Lipinski definition) is 0. The molecule has 0 bridgehead atoms. The highest BCUT2D eigenvalue weighted by Crippen LogP contribution is 2.20. The standard InChI is InChI=1S/C15H17N3O2/c1-4-20-15(19)13(8-12-9-17-18(3)10-12)14-11(2)6-5-7-16-14/h5-10H,4H2,1-3H3. The molecule has 0 aliphatic carbocycles. The Hall–Kier alpha value is -2.43. The highest BCUT2D eigenvalue weighted by atomic mass is 16.5. The van der Waals surface area contributed by atoms with Gasteiger partial charge in [0.15, 0.2) is 0 Å². The van der Waals surface area contributed by atoms with Gasteiger partial charge in [0.25, 0.3) is 0 Å². The summed E-state index contributed by atoms with van der Waals surface area (Å²) in [6, 6.07) is 3.75. The zero-order valence-electron chi connectivity index (χ0n) is 11.8. The van der Waals surface area contributed by atoms with Gasteiger partial charge >= 0.3 is 5.97 Å². The van der Waals surface area contributed by atoms with Crippen molar-refractivity contribution in [3.8, 4) is 0 Å². The molecule has 0 aliphatic heterocycles. The van der Waals surface area contributed by atoms with Gasteiger partial charge in [0, 0.05) is 25.0 Å². The molecule has 20 heavy (non-hydrogen) atoms. The van der Waals surface area contributed by atoms with E-state index in [2.05, 4.69) is 10.1 Å². The Morgan fingerprint density at radius 3 is 2.90 bits per heavy atom. The van der Waals surface area contributed by atoms with Gasteiger partial charge in [-0.15, -0.1) is 0 Å². The second-order valence-electron chi connectivity index (χ2n) is 4.39. The van der Waals surface area contributed by atoms with Crippen molar-refractivity contribution < 1.29 is 9.53 Å². The lowest BCUT2D eigenvalue weighted by molar-refractivity contribution is -0.136. The molecule has 0 saturated carbocycles. The number of carbonyl (C=O) groups is 1. The molecule has 5 heteroatoms. The van der Waals surface area contributed by atoms with Crippen molar-refractivity contribution in [3.05, 3.63) is 47.5 Å². The summed E-state index contributed by atoms with van der Waals surface area (Å²) < 4.78 is 6.80. The number of nitrogens with zero attached hydrogens (tertiary/aromatic N) is 3. The normalized spacial score (nSPS) is 11.4. The van der Waals surface area contributed by atoms with E-state index in [-0.39, 0.29) is 5.97 Å². The lowest BCUT2D eigenvalue weighted by atomic mass is 10.1. The minimum Gasteiger partial charge on any atom is -0.462 e. The van der Waals surface area contributed by atoms with Crippen LogP contribution in [-0.2, 0) is 16.6 Å². The molecule has 5 nitrogen and oxygen atoms in total. The molecule has 2 aromatic heterocycles. The minimum absolute atomic E-state index is 0.328. The number of ether oxygens (including phenoxy) is 1. The molecule has 0 fully saturated rings. The Balaban J connectivity index is 2.48. The van der Waals surface area contributed by atoms with E-state index in [1.54, 1.807) is 30.1 Å². The third-order valence-corrected chi connectivity index (χ3v) is 2.80. The molecule has 104 valence electrons. The van der Waals surface area contributed by atoms with Crippen LogP contribution in [-0.4, -0.2) is 27.3 Å². The highest BCUT2D eigenvalue weighted by Gasteiger charge is 2.16. The molecular weight excluding hydrogens is 254 g/mol. The zero-order chi connectivity index (χ0) is 14.5. The Morgan fingerprint density at radius 2 is 2.30 bits per heavy atom. The number of aromatic nitrogens is 3. The number of pyridine rings is 1. The van der Waals surface area contributed by atoms with Gasteiger partial charge in [-0.1, -0.05) is 6.07 Å². The van der Waals surface area contributed by atoms with Gasteiger partial charge in [0.1, 0.15) is 0 Å². The van der Waals surface area contributed by atoms with Gasteiger partial charge < -0.3 is 4.74 Å². The summed E-state index contributed by atoms with van der Waals surface area (Å²) in [4.78, 5) is 16.4. The zero-order valence-corrected chi connectivity index (χ0v) is 11.8. The second-order valence-corrected chi connectivity index (χ2v) is 4.39. The van der Waals surface area contributed by atoms with Crippen molar-refractivity contribution in [1.29, 1.82) is 0 Å². The van der Waals surface area contributed by atoms with Crippen LogP contribution in [0.3, 0.4) is 0 Å². The fourth-order valence-electron chi connectivity index (χ4n) is 1.88. The molecule has 0 saturated heterocycles. The van der Waals surface area contributed by atoms with Gasteiger partial charge in [-0.3, -0.25) is 9.67 Å². The molecule has 0 amide bonds. The van der Waals surface area contributed by atoms with Crippen LogP contribution in [0, 0.1) is 6.92 Å².